The first-order valence-corrected chi connectivity index (χ1v) is 8.23. The number of hydrogen-bond acceptors (Lipinski definition) is 3. The molecule has 0 atom stereocenters. The van der Waals surface area contributed by atoms with Crippen molar-refractivity contribution in [3.8, 4) is 0 Å². The number of hydrogen-bond donors (Lipinski definition) is 0. The fourth-order valence-electron chi connectivity index (χ4n) is 2.99. The molecule has 1 aromatic heterocycles. The van der Waals surface area contributed by atoms with Gasteiger partial charge in [0.2, 0.25) is 5.91 Å². The molecule has 0 aliphatic rings. The maximum atomic E-state index is 11.8. The van der Waals surface area contributed by atoms with Gasteiger partial charge in [-0.1, -0.05) is 17.7 Å². The van der Waals surface area contributed by atoms with Crippen molar-refractivity contribution in [2.75, 3.05) is 20.3 Å². The average molecular weight is 329 g/mol. The lowest BCUT2D eigenvalue weighted by atomic mass is 10.00. The van der Waals surface area contributed by atoms with Crippen molar-refractivity contribution in [1.29, 1.82) is 0 Å². The zero-order valence-corrected chi connectivity index (χ0v) is 15.3. The van der Waals surface area contributed by atoms with Gasteiger partial charge >= 0.3 is 0 Å². The van der Waals surface area contributed by atoms with Crippen molar-refractivity contribution in [1.82, 2.24) is 14.5 Å². The Labute approximate surface area is 144 Å². The Morgan fingerprint density at radius 2 is 1.92 bits per heavy atom. The van der Waals surface area contributed by atoms with Crippen LogP contribution in [0.15, 0.2) is 24.5 Å². The summed E-state index contributed by atoms with van der Waals surface area (Å²) in [4.78, 5) is 18.0. The van der Waals surface area contributed by atoms with Crippen molar-refractivity contribution >= 4 is 5.91 Å². The van der Waals surface area contributed by atoms with Gasteiger partial charge in [-0.3, -0.25) is 4.79 Å². The molecule has 0 spiro atoms. The minimum absolute atomic E-state index is 0.0318. The molecule has 5 nitrogen and oxygen atoms in total. The molecule has 0 saturated carbocycles. The van der Waals surface area contributed by atoms with Gasteiger partial charge in [-0.05, 0) is 37.5 Å². The van der Waals surface area contributed by atoms with E-state index in [-0.39, 0.29) is 5.91 Å². The predicted molar refractivity (Wildman–Crippen MR) is 94.9 cm³/mol. The molecule has 130 valence electrons. The Kier molecular flexibility index (Phi) is 6.15. The Bertz CT molecular complexity index is 683. The Hall–Kier alpha value is -2.14. The van der Waals surface area contributed by atoms with Crippen LogP contribution in [-0.4, -0.2) is 40.6 Å². The van der Waals surface area contributed by atoms with Crippen LogP contribution in [0.5, 0.6) is 0 Å². The molecule has 2 rings (SSSR count). The molecule has 0 aliphatic heterocycles. The van der Waals surface area contributed by atoms with Gasteiger partial charge in [-0.2, -0.15) is 0 Å². The minimum atomic E-state index is 0.0318. The van der Waals surface area contributed by atoms with Crippen LogP contribution in [0.2, 0.25) is 0 Å². The van der Waals surface area contributed by atoms with Crippen LogP contribution in [0.3, 0.4) is 0 Å². The highest BCUT2D eigenvalue weighted by molar-refractivity contribution is 5.73. The van der Waals surface area contributed by atoms with Crippen LogP contribution in [0.25, 0.3) is 0 Å². The summed E-state index contributed by atoms with van der Waals surface area (Å²) in [5.41, 5.74) is 5.16. The second-order valence-corrected chi connectivity index (χ2v) is 6.28. The van der Waals surface area contributed by atoms with Crippen LogP contribution in [-0.2, 0) is 22.6 Å². The van der Waals surface area contributed by atoms with Gasteiger partial charge in [-0.15, -0.1) is 0 Å². The van der Waals surface area contributed by atoms with Crippen LogP contribution in [0.1, 0.15) is 35.0 Å². The highest BCUT2D eigenvalue weighted by Gasteiger charge is 2.14. The molecule has 0 unspecified atom stereocenters. The molecule has 1 heterocycles. The summed E-state index contributed by atoms with van der Waals surface area (Å²) in [6.45, 7) is 10.3. The van der Waals surface area contributed by atoms with E-state index in [2.05, 4.69) is 42.5 Å². The van der Waals surface area contributed by atoms with Crippen molar-refractivity contribution < 1.29 is 9.53 Å². The molecule has 24 heavy (non-hydrogen) atoms. The average Bonchev–Trinajstić information content (AvgIpc) is 2.93. The maximum absolute atomic E-state index is 11.8. The van der Waals surface area contributed by atoms with Crippen molar-refractivity contribution in [2.45, 2.75) is 40.8 Å². The lowest BCUT2D eigenvalue weighted by molar-refractivity contribution is -0.130. The van der Waals surface area contributed by atoms with E-state index < -0.39 is 0 Å². The summed E-state index contributed by atoms with van der Waals surface area (Å²) in [7, 11) is 1.64. The summed E-state index contributed by atoms with van der Waals surface area (Å²) in [5, 5.41) is 0. The number of rotatable bonds is 7. The van der Waals surface area contributed by atoms with Gasteiger partial charge in [0.1, 0.15) is 5.82 Å². The quantitative estimate of drug-likeness (QED) is 0.785. The molecule has 0 aliphatic carbocycles. The number of ether oxygens (including phenoxy) is 1. The Morgan fingerprint density at radius 3 is 2.50 bits per heavy atom. The summed E-state index contributed by atoms with van der Waals surface area (Å²) in [5.74, 6) is 0.921. The minimum Gasteiger partial charge on any atom is -0.383 e. The first-order chi connectivity index (χ1) is 11.4. The number of nitrogens with zero attached hydrogens (tertiary/aromatic N) is 3. The fourth-order valence-corrected chi connectivity index (χ4v) is 2.99. The van der Waals surface area contributed by atoms with Gasteiger partial charge in [0.05, 0.1) is 13.2 Å². The van der Waals surface area contributed by atoms with Crippen LogP contribution < -0.4 is 0 Å². The van der Waals surface area contributed by atoms with E-state index in [1.54, 1.807) is 25.1 Å². The topological polar surface area (TPSA) is 47.4 Å². The SMILES string of the molecule is COCCN(Cc1nccn1Cc1c(C)cc(C)cc1C)C(C)=O. The lowest BCUT2D eigenvalue weighted by Crippen LogP contribution is -2.32. The number of aromatic nitrogens is 2. The monoisotopic (exact) mass is 329 g/mol. The molecule has 5 heteroatoms. The first-order valence-electron chi connectivity index (χ1n) is 8.23. The zero-order valence-electron chi connectivity index (χ0n) is 15.3. The van der Waals surface area contributed by atoms with Crippen molar-refractivity contribution in [3.63, 3.8) is 0 Å². The van der Waals surface area contributed by atoms with E-state index >= 15 is 0 Å². The summed E-state index contributed by atoms with van der Waals surface area (Å²) < 4.78 is 7.21. The van der Waals surface area contributed by atoms with Crippen LogP contribution in [0, 0.1) is 20.8 Å². The zero-order chi connectivity index (χ0) is 17.7. The molecule has 1 aromatic carbocycles. The number of carbonyl (C=O) groups is 1. The van der Waals surface area contributed by atoms with Gasteiger partial charge in [0.25, 0.3) is 0 Å². The van der Waals surface area contributed by atoms with Gasteiger partial charge in [0, 0.05) is 39.5 Å². The molecule has 0 saturated heterocycles. The number of methoxy groups -OCH3 is 1. The molecule has 0 bridgehead atoms. The van der Waals surface area contributed by atoms with Gasteiger partial charge < -0.3 is 14.2 Å². The van der Waals surface area contributed by atoms with Crippen LogP contribution >= 0.6 is 0 Å². The smallest absolute Gasteiger partial charge is 0.219 e. The standard InChI is InChI=1S/C19H27N3O2/c1-14-10-15(2)18(16(3)11-14)12-22-7-6-20-19(22)13-21(17(4)23)8-9-24-5/h6-7,10-11H,8-9,12-13H2,1-5H3. The highest BCUT2D eigenvalue weighted by atomic mass is 16.5. The van der Waals surface area contributed by atoms with Crippen LogP contribution in [0.4, 0.5) is 0 Å². The fraction of sp³-hybridized carbons (Fsp3) is 0.474. The molecular formula is C19H27N3O2. The normalized spacial score (nSPS) is 10.9. The molecule has 1 amide bonds. The van der Waals surface area contributed by atoms with Crippen molar-refractivity contribution in [3.05, 3.63) is 52.6 Å². The summed E-state index contributed by atoms with van der Waals surface area (Å²) >= 11 is 0. The Morgan fingerprint density at radius 1 is 1.25 bits per heavy atom. The predicted octanol–water partition coefficient (Wildman–Crippen LogP) is 2.85. The summed E-state index contributed by atoms with van der Waals surface area (Å²) in [6.07, 6.45) is 3.77. The first kappa shape index (κ1) is 18.2. The third-order valence-corrected chi connectivity index (χ3v) is 4.31. The molecule has 2 aromatic rings. The van der Waals surface area contributed by atoms with E-state index in [1.165, 1.54) is 22.3 Å². The molecule has 0 N–H and O–H groups in total. The maximum Gasteiger partial charge on any atom is 0.219 e. The number of imidazole rings is 1. The summed E-state index contributed by atoms with van der Waals surface area (Å²) in [6, 6.07) is 4.42. The van der Waals surface area contributed by atoms with Gasteiger partial charge in [-0.25, -0.2) is 4.98 Å². The molecular weight excluding hydrogens is 302 g/mol. The van der Waals surface area contributed by atoms with E-state index in [9.17, 15) is 4.79 Å². The molecule has 0 radical (unpaired) electrons. The van der Waals surface area contributed by atoms with E-state index in [1.807, 2.05) is 6.20 Å². The number of carbonyl (C=O) groups excluding carboxylic acids is 1. The van der Waals surface area contributed by atoms with Gasteiger partial charge in [0.15, 0.2) is 0 Å². The van der Waals surface area contributed by atoms with E-state index in [0.29, 0.717) is 19.7 Å². The highest BCUT2D eigenvalue weighted by Crippen LogP contribution is 2.18. The third-order valence-electron chi connectivity index (χ3n) is 4.31. The number of aryl methyl sites for hydroxylation is 3. The van der Waals surface area contributed by atoms with E-state index in [0.717, 1.165) is 12.4 Å². The Balaban J connectivity index is 2.20. The second-order valence-electron chi connectivity index (χ2n) is 6.28. The number of benzene rings is 1. The third kappa shape index (κ3) is 4.45. The lowest BCUT2D eigenvalue weighted by Gasteiger charge is -2.21. The number of amides is 1. The largest absolute Gasteiger partial charge is 0.383 e. The van der Waals surface area contributed by atoms with Crippen molar-refractivity contribution in [2.24, 2.45) is 0 Å². The molecule has 0 fully saturated rings. The van der Waals surface area contributed by atoms with E-state index in [4.69, 9.17) is 4.74 Å². The second kappa shape index (κ2) is 8.11.